The maximum Gasteiger partial charge on any atom is 0.311 e. The van der Waals surface area contributed by atoms with Gasteiger partial charge in [-0.1, -0.05) is 30.3 Å². The summed E-state index contributed by atoms with van der Waals surface area (Å²) in [5, 5.41) is 2.22. The van der Waals surface area contributed by atoms with Gasteiger partial charge in [0.15, 0.2) is 0 Å². The highest BCUT2D eigenvalue weighted by atomic mass is 16.5. The van der Waals surface area contributed by atoms with Crippen molar-refractivity contribution in [2.24, 2.45) is 5.18 Å². The van der Waals surface area contributed by atoms with Crippen LogP contribution in [0.4, 0.5) is 0 Å². The second-order valence-corrected chi connectivity index (χ2v) is 3.43. The van der Waals surface area contributed by atoms with Gasteiger partial charge in [0.05, 0.1) is 6.61 Å². The number of rotatable bonds is 8. The van der Waals surface area contributed by atoms with Crippen molar-refractivity contribution in [3.63, 3.8) is 0 Å². The largest absolute Gasteiger partial charge is 0.377 e. The minimum absolute atomic E-state index is 0.248. The van der Waals surface area contributed by atoms with E-state index in [1.54, 1.807) is 0 Å². The van der Waals surface area contributed by atoms with Gasteiger partial charge in [0, 0.05) is 18.4 Å². The quantitative estimate of drug-likeness (QED) is 0.511. The predicted octanol–water partition coefficient (Wildman–Crippen LogP) is 1.90. The molecule has 1 rings (SSSR count). The molecule has 0 aliphatic carbocycles. The summed E-state index contributed by atoms with van der Waals surface area (Å²) in [5.41, 5.74) is 1.12. The van der Waals surface area contributed by atoms with E-state index < -0.39 is 5.91 Å². The number of hydrogen-bond donors (Lipinski definition) is 0. The number of hydrogen-bond acceptors (Lipinski definition) is 4. The fraction of sp³-hybridized carbons (Fsp3) is 0.417. The van der Waals surface area contributed by atoms with E-state index in [0.29, 0.717) is 26.2 Å². The van der Waals surface area contributed by atoms with Gasteiger partial charge in [-0.25, -0.2) is 0 Å². The molecule has 92 valence electrons. The first-order valence-corrected chi connectivity index (χ1v) is 5.38. The standard InChI is InChI=1S/C12H15NO4/c14-12(13-15)10-17-8-4-7-16-9-11-5-2-1-3-6-11/h1-3,5-6H,4,7-10H2. The average Bonchev–Trinajstić information content (AvgIpc) is 2.38. The molecule has 0 heterocycles. The minimum atomic E-state index is -0.782. The van der Waals surface area contributed by atoms with Crippen LogP contribution in [0.25, 0.3) is 0 Å². The summed E-state index contributed by atoms with van der Waals surface area (Å²) < 4.78 is 10.3. The van der Waals surface area contributed by atoms with Gasteiger partial charge in [0.1, 0.15) is 6.61 Å². The molecule has 5 nitrogen and oxygen atoms in total. The summed E-state index contributed by atoms with van der Waals surface area (Å²) in [6.45, 7) is 1.26. The van der Waals surface area contributed by atoms with E-state index in [2.05, 4.69) is 5.18 Å². The second-order valence-electron chi connectivity index (χ2n) is 3.43. The van der Waals surface area contributed by atoms with Gasteiger partial charge >= 0.3 is 5.91 Å². The molecule has 0 bridgehead atoms. The maximum atomic E-state index is 10.5. The molecule has 5 heteroatoms. The topological polar surface area (TPSA) is 65.0 Å². The van der Waals surface area contributed by atoms with Crippen LogP contribution in [0.15, 0.2) is 35.5 Å². The van der Waals surface area contributed by atoms with Crippen LogP contribution in [-0.2, 0) is 20.9 Å². The third-order valence-electron chi connectivity index (χ3n) is 2.02. The molecule has 0 radical (unpaired) electrons. The molecule has 1 amide bonds. The molecule has 0 aliphatic heterocycles. The smallest absolute Gasteiger partial charge is 0.311 e. The van der Waals surface area contributed by atoms with Crippen molar-refractivity contribution in [3.05, 3.63) is 40.8 Å². The third kappa shape index (κ3) is 6.55. The van der Waals surface area contributed by atoms with Gasteiger partial charge in [-0.15, -0.1) is 4.91 Å². The lowest BCUT2D eigenvalue weighted by Crippen LogP contribution is -2.07. The lowest BCUT2D eigenvalue weighted by Gasteiger charge is -2.04. The SMILES string of the molecule is O=NC(=O)COCCCOCc1ccccc1. The van der Waals surface area contributed by atoms with Crippen molar-refractivity contribution in [3.8, 4) is 0 Å². The van der Waals surface area contributed by atoms with Crippen LogP contribution in [0, 0.1) is 4.91 Å². The molecular weight excluding hydrogens is 222 g/mol. The van der Waals surface area contributed by atoms with Crippen LogP contribution in [0.2, 0.25) is 0 Å². The van der Waals surface area contributed by atoms with Crippen molar-refractivity contribution in [2.45, 2.75) is 13.0 Å². The van der Waals surface area contributed by atoms with E-state index in [9.17, 15) is 9.70 Å². The van der Waals surface area contributed by atoms with Crippen LogP contribution in [0.5, 0.6) is 0 Å². The molecule has 17 heavy (non-hydrogen) atoms. The zero-order valence-corrected chi connectivity index (χ0v) is 9.50. The molecule has 1 aromatic carbocycles. The first kappa shape index (κ1) is 13.5. The van der Waals surface area contributed by atoms with Crippen molar-refractivity contribution in [1.82, 2.24) is 0 Å². The molecule has 1 aromatic rings. The predicted molar refractivity (Wildman–Crippen MR) is 62.3 cm³/mol. The molecule has 0 aliphatic rings. The molecular formula is C12H15NO4. The summed E-state index contributed by atoms with van der Waals surface area (Å²) in [6.07, 6.45) is 0.680. The zero-order valence-electron chi connectivity index (χ0n) is 9.50. The number of nitroso groups, excluding NO2 is 1. The van der Waals surface area contributed by atoms with E-state index in [1.165, 1.54) is 0 Å². The first-order valence-electron chi connectivity index (χ1n) is 5.38. The molecule has 0 aromatic heterocycles. The Labute approximate surface area is 99.7 Å². The fourth-order valence-electron chi connectivity index (χ4n) is 1.21. The molecule has 0 unspecified atom stereocenters. The highest BCUT2D eigenvalue weighted by Gasteiger charge is 1.99. The highest BCUT2D eigenvalue weighted by molar-refractivity contribution is 5.77. The van der Waals surface area contributed by atoms with E-state index >= 15 is 0 Å². The number of benzene rings is 1. The van der Waals surface area contributed by atoms with E-state index in [1.807, 2.05) is 30.3 Å². The fourth-order valence-corrected chi connectivity index (χ4v) is 1.21. The third-order valence-corrected chi connectivity index (χ3v) is 2.02. The Morgan fingerprint density at radius 1 is 1.12 bits per heavy atom. The highest BCUT2D eigenvalue weighted by Crippen LogP contribution is 2.00. The lowest BCUT2D eigenvalue weighted by atomic mass is 10.2. The molecule has 0 fully saturated rings. The van der Waals surface area contributed by atoms with Crippen LogP contribution in [-0.4, -0.2) is 25.7 Å². The van der Waals surface area contributed by atoms with Crippen LogP contribution in [0.3, 0.4) is 0 Å². The summed E-state index contributed by atoms with van der Waals surface area (Å²) in [5.74, 6) is -0.782. The van der Waals surface area contributed by atoms with E-state index in [-0.39, 0.29) is 6.61 Å². The molecule has 0 atom stereocenters. The lowest BCUT2D eigenvalue weighted by molar-refractivity contribution is -0.122. The van der Waals surface area contributed by atoms with Crippen molar-refractivity contribution in [1.29, 1.82) is 0 Å². The molecule has 0 saturated heterocycles. The van der Waals surface area contributed by atoms with Gasteiger partial charge in [-0.3, -0.25) is 4.79 Å². The molecule has 0 saturated carbocycles. The number of carbonyl (C=O) groups is 1. The van der Waals surface area contributed by atoms with Crippen LogP contribution in [0.1, 0.15) is 12.0 Å². The summed E-state index contributed by atoms with van der Waals surface area (Å²) in [6, 6.07) is 9.85. The summed E-state index contributed by atoms with van der Waals surface area (Å²) >= 11 is 0. The van der Waals surface area contributed by atoms with Crippen LogP contribution >= 0.6 is 0 Å². The van der Waals surface area contributed by atoms with Crippen molar-refractivity contribution < 1.29 is 14.3 Å². The van der Waals surface area contributed by atoms with Gasteiger partial charge in [0.25, 0.3) is 0 Å². The number of amides is 1. The van der Waals surface area contributed by atoms with Gasteiger partial charge in [-0.2, -0.15) is 0 Å². The van der Waals surface area contributed by atoms with Crippen molar-refractivity contribution >= 4 is 5.91 Å². The van der Waals surface area contributed by atoms with Crippen LogP contribution < -0.4 is 0 Å². The van der Waals surface area contributed by atoms with E-state index in [4.69, 9.17) is 9.47 Å². The number of nitrogens with zero attached hydrogens (tertiary/aromatic N) is 1. The van der Waals surface area contributed by atoms with Crippen molar-refractivity contribution in [2.75, 3.05) is 19.8 Å². The Morgan fingerprint density at radius 3 is 2.53 bits per heavy atom. The minimum Gasteiger partial charge on any atom is -0.377 e. The molecule has 0 N–H and O–H groups in total. The maximum absolute atomic E-state index is 10.5. The number of ether oxygens (including phenoxy) is 2. The first-order chi connectivity index (χ1) is 8.33. The monoisotopic (exact) mass is 237 g/mol. The van der Waals surface area contributed by atoms with Gasteiger partial charge in [0.2, 0.25) is 0 Å². The summed E-state index contributed by atoms with van der Waals surface area (Å²) in [4.78, 5) is 20.2. The summed E-state index contributed by atoms with van der Waals surface area (Å²) in [7, 11) is 0. The Kier molecular flexibility index (Phi) is 6.78. The zero-order chi connectivity index (χ0) is 12.3. The van der Waals surface area contributed by atoms with Gasteiger partial charge in [-0.05, 0) is 12.0 Å². The Morgan fingerprint density at radius 2 is 1.82 bits per heavy atom. The van der Waals surface area contributed by atoms with Gasteiger partial charge < -0.3 is 9.47 Å². The second kappa shape index (κ2) is 8.55. The Balaban J connectivity index is 1.95. The number of carbonyl (C=O) groups excluding carboxylic acids is 1. The Hall–Kier alpha value is -1.59. The molecule has 0 spiro atoms. The van der Waals surface area contributed by atoms with E-state index in [0.717, 1.165) is 5.56 Å². The average molecular weight is 237 g/mol. The Bertz CT molecular complexity index is 340. The normalized spacial score (nSPS) is 10.1.